The number of hydrogen-bond acceptors (Lipinski definition) is 2. The van der Waals surface area contributed by atoms with Gasteiger partial charge in [0.2, 0.25) is 0 Å². The summed E-state index contributed by atoms with van der Waals surface area (Å²) in [5, 5.41) is 14.0. The van der Waals surface area contributed by atoms with Crippen molar-refractivity contribution in [1.29, 1.82) is 0 Å². The van der Waals surface area contributed by atoms with Gasteiger partial charge in [0.1, 0.15) is 5.82 Å². The number of aliphatic hydroxyl groups is 1. The van der Waals surface area contributed by atoms with Crippen LogP contribution in [-0.2, 0) is 13.5 Å². The van der Waals surface area contributed by atoms with Gasteiger partial charge in [0.15, 0.2) is 0 Å². The maximum Gasteiger partial charge on any atom is 0.141 e. The van der Waals surface area contributed by atoms with Crippen LogP contribution in [0.5, 0.6) is 0 Å². The molecule has 1 N–H and O–H groups in total. The van der Waals surface area contributed by atoms with Crippen LogP contribution in [0.2, 0.25) is 5.02 Å². The van der Waals surface area contributed by atoms with Crippen molar-refractivity contribution in [2.24, 2.45) is 7.05 Å². The Bertz CT molecular complexity index is 527. The van der Waals surface area contributed by atoms with Gasteiger partial charge in [0.05, 0.1) is 17.3 Å². The molecule has 0 aliphatic rings. The van der Waals surface area contributed by atoms with Crippen LogP contribution in [0.25, 0.3) is 0 Å². The molecular formula is C12H12ClFN2O. The molecule has 0 saturated heterocycles. The summed E-state index contributed by atoms with van der Waals surface area (Å²) in [5.41, 5.74) is 1.51. The van der Waals surface area contributed by atoms with Gasteiger partial charge in [-0.1, -0.05) is 17.7 Å². The van der Waals surface area contributed by atoms with Crippen molar-refractivity contribution in [3.63, 3.8) is 0 Å². The topological polar surface area (TPSA) is 38.0 Å². The Morgan fingerprint density at radius 2 is 2.29 bits per heavy atom. The van der Waals surface area contributed by atoms with Crippen LogP contribution in [0.4, 0.5) is 4.39 Å². The van der Waals surface area contributed by atoms with E-state index in [-0.39, 0.29) is 5.02 Å². The Hall–Kier alpha value is -1.39. The maximum absolute atomic E-state index is 13.0. The number of rotatable bonds is 3. The summed E-state index contributed by atoms with van der Waals surface area (Å²) in [7, 11) is 1.78. The number of aliphatic hydroxyl groups excluding tert-OH is 1. The summed E-state index contributed by atoms with van der Waals surface area (Å²) in [6.45, 7) is 0. The first-order chi connectivity index (χ1) is 8.06. The molecule has 0 fully saturated rings. The van der Waals surface area contributed by atoms with Gasteiger partial charge < -0.3 is 5.11 Å². The highest BCUT2D eigenvalue weighted by Gasteiger charge is 2.11. The van der Waals surface area contributed by atoms with Crippen LogP contribution in [0.15, 0.2) is 30.6 Å². The predicted octanol–water partition coefficient (Wildman–Crippen LogP) is 2.49. The monoisotopic (exact) mass is 254 g/mol. The first-order valence-electron chi connectivity index (χ1n) is 5.17. The summed E-state index contributed by atoms with van der Waals surface area (Å²) >= 11 is 5.67. The van der Waals surface area contributed by atoms with E-state index in [1.165, 1.54) is 12.1 Å². The number of hydrogen-bond donors (Lipinski definition) is 1. The minimum Gasteiger partial charge on any atom is -0.388 e. The standard InChI is InChI=1S/C12H12ClFN2O/c1-16-7-9(6-15-16)12(17)5-8-2-3-11(14)10(13)4-8/h2-4,6-7,12,17H,5H2,1H3. The lowest BCUT2D eigenvalue weighted by Gasteiger charge is -2.08. The first-order valence-corrected chi connectivity index (χ1v) is 5.54. The summed E-state index contributed by atoms with van der Waals surface area (Å²) < 4.78 is 14.6. The van der Waals surface area contributed by atoms with Crippen LogP contribution in [-0.4, -0.2) is 14.9 Å². The second kappa shape index (κ2) is 4.85. The van der Waals surface area contributed by atoms with E-state index in [4.69, 9.17) is 11.6 Å². The highest BCUT2D eigenvalue weighted by Crippen LogP contribution is 2.21. The van der Waals surface area contributed by atoms with Crippen molar-refractivity contribution in [2.45, 2.75) is 12.5 Å². The smallest absolute Gasteiger partial charge is 0.141 e. The number of nitrogens with zero attached hydrogens (tertiary/aromatic N) is 2. The van der Waals surface area contributed by atoms with Gasteiger partial charge in [0.25, 0.3) is 0 Å². The first kappa shape index (κ1) is 12.1. The van der Waals surface area contributed by atoms with E-state index in [2.05, 4.69) is 5.10 Å². The molecule has 0 aliphatic heterocycles. The number of halogens is 2. The molecule has 17 heavy (non-hydrogen) atoms. The summed E-state index contributed by atoms with van der Waals surface area (Å²) in [4.78, 5) is 0. The second-order valence-electron chi connectivity index (χ2n) is 3.92. The molecule has 2 rings (SSSR count). The lowest BCUT2D eigenvalue weighted by atomic mass is 10.0. The molecule has 90 valence electrons. The van der Waals surface area contributed by atoms with E-state index < -0.39 is 11.9 Å². The van der Waals surface area contributed by atoms with E-state index in [1.54, 1.807) is 30.2 Å². The maximum atomic E-state index is 13.0. The number of benzene rings is 1. The van der Waals surface area contributed by atoms with Gasteiger partial charge in [-0.3, -0.25) is 4.68 Å². The van der Waals surface area contributed by atoms with E-state index >= 15 is 0 Å². The van der Waals surface area contributed by atoms with Crippen LogP contribution >= 0.6 is 11.6 Å². The average molecular weight is 255 g/mol. The summed E-state index contributed by atoms with van der Waals surface area (Å²) in [6.07, 6.45) is 3.07. The summed E-state index contributed by atoms with van der Waals surface area (Å²) in [5.74, 6) is -0.453. The van der Waals surface area contributed by atoms with Crippen LogP contribution in [0.3, 0.4) is 0 Å². The van der Waals surface area contributed by atoms with Crippen LogP contribution < -0.4 is 0 Å². The van der Waals surface area contributed by atoms with Gasteiger partial charge in [-0.25, -0.2) is 4.39 Å². The molecule has 1 atom stereocenters. The molecule has 1 aromatic carbocycles. The Morgan fingerprint density at radius 3 is 2.88 bits per heavy atom. The van der Waals surface area contributed by atoms with Crippen LogP contribution in [0.1, 0.15) is 17.2 Å². The fraction of sp³-hybridized carbons (Fsp3) is 0.250. The third-order valence-electron chi connectivity index (χ3n) is 2.52. The Morgan fingerprint density at radius 1 is 1.53 bits per heavy atom. The molecule has 0 radical (unpaired) electrons. The molecule has 0 spiro atoms. The lowest BCUT2D eigenvalue weighted by Crippen LogP contribution is -2.01. The molecule has 0 amide bonds. The quantitative estimate of drug-likeness (QED) is 0.914. The third kappa shape index (κ3) is 2.84. The number of aryl methyl sites for hydroxylation is 1. The lowest BCUT2D eigenvalue weighted by molar-refractivity contribution is 0.178. The minimum atomic E-state index is -0.662. The van der Waals surface area contributed by atoms with Gasteiger partial charge in [-0.05, 0) is 17.7 Å². The van der Waals surface area contributed by atoms with E-state index in [0.29, 0.717) is 6.42 Å². The molecule has 1 heterocycles. The molecule has 3 nitrogen and oxygen atoms in total. The van der Waals surface area contributed by atoms with Gasteiger partial charge >= 0.3 is 0 Å². The predicted molar refractivity (Wildman–Crippen MR) is 63.3 cm³/mol. The fourth-order valence-corrected chi connectivity index (χ4v) is 1.82. The second-order valence-corrected chi connectivity index (χ2v) is 4.32. The zero-order valence-corrected chi connectivity index (χ0v) is 10.0. The highest BCUT2D eigenvalue weighted by atomic mass is 35.5. The third-order valence-corrected chi connectivity index (χ3v) is 2.81. The SMILES string of the molecule is Cn1cc(C(O)Cc2ccc(F)c(Cl)c2)cn1. The Labute approximate surface area is 103 Å². The molecule has 5 heteroatoms. The van der Waals surface area contributed by atoms with Crippen molar-refractivity contribution in [2.75, 3.05) is 0 Å². The molecule has 0 aliphatic carbocycles. The van der Waals surface area contributed by atoms with E-state index in [1.807, 2.05) is 0 Å². The average Bonchev–Trinajstić information content (AvgIpc) is 2.70. The molecule has 1 aromatic heterocycles. The molecule has 0 saturated carbocycles. The zero-order valence-electron chi connectivity index (χ0n) is 9.27. The van der Waals surface area contributed by atoms with Crippen molar-refractivity contribution >= 4 is 11.6 Å². The largest absolute Gasteiger partial charge is 0.388 e. The minimum absolute atomic E-state index is 0.0703. The Kier molecular flexibility index (Phi) is 3.45. The van der Waals surface area contributed by atoms with Crippen molar-refractivity contribution < 1.29 is 9.50 Å². The van der Waals surface area contributed by atoms with Gasteiger partial charge in [-0.2, -0.15) is 5.10 Å². The van der Waals surface area contributed by atoms with Crippen molar-refractivity contribution in [1.82, 2.24) is 9.78 Å². The highest BCUT2D eigenvalue weighted by molar-refractivity contribution is 6.30. The van der Waals surface area contributed by atoms with Gasteiger partial charge in [-0.15, -0.1) is 0 Å². The van der Waals surface area contributed by atoms with Gasteiger partial charge in [0, 0.05) is 25.2 Å². The molecule has 1 unspecified atom stereocenters. The van der Waals surface area contributed by atoms with E-state index in [9.17, 15) is 9.50 Å². The van der Waals surface area contributed by atoms with Crippen molar-refractivity contribution in [3.8, 4) is 0 Å². The molecule has 2 aromatic rings. The normalized spacial score (nSPS) is 12.7. The molecular weight excluding hydrogens is 243 g/mol. The zero-order chi connectivity index (χ0) is 12.4. The molecule has 0 bridgehead atoms. The summed E-state index contributed by atoms with van der Waals surface area (Å²) in [6, 6.07) is 4.44. The van der Waals surface area contributed by atoms with E-state index in [0.717, 1.165) is 11.1 Å². The van der Waals surface area contributed by atoms with Crippen molar-refractivity contribution in [3.05, 3.63) is 52.6 Å². The Balaban J connectivity index is 2.12. The fourth-order valence-electron chi connectivity index (χ4n) is 1.62. The number of aromatic nitrogens is 2. The van der Waals surface area contributed by atoms with Crippen LogP contribution in [0, 0.1) is 5.82 Å².